The molecule has 1 heterocycles. The summed E-state index contributed by atoms with van der Waals surface area (Å²) >= 11 is 13.1. The molecule has 4 aromatic rings. The Bertz CT molecular complexity index is 1620. The number of nitrogens with zero attached hydrogens (tertiary/aromatic N) is 1. The van der Waals surface area contributed by atoms with E-state index in [0.29, 0.717) is 5.52 Å². The molecule has 12 heteroatoms. The number of H-pyrrole nitrogens is 1. The van der Waals surface area contributed by atoms with E-state index in [9.17, 15) is 22.3 Å². The Morgan fingerprint density at radius 2 is 1.87 bits per heavy atom. The number of ether oxygens (including phenoxy) is 1. The predicted octanol–water partition coefficient (Wildman–Crippen LogP) is 6.59. The lowest BCUT2D eigenvalue weighted by Crippen LogP contribution is -2.13. The first-order valence-electron chi connectivity index (χ1n) is 11.6. The number of aromatic nitrogens is 2. The van der Waals surface area contributed by atoms with Crippen molar-refractivity contribution in [3.05, 3.63) is 75.8 Å². The van der Waals surface area contributed by atoms with Gasteiger partial charge in [0.1, 0.15) is 22.9 Å². The van der Waals surface area contributed by atoms with Crippen molar-refractivity contribution in [1.29, 1.82) is 0 Å². The molecule has 1 unspecified atom stereocenters. The summed E-state index contributed by atoms with van der Waals surface area (Å²) in [5.74, 6) is -1.67. The number of halogens is 5. The summed E-state index contributed by atoms with van der Waals surface area (Å²) in [6.07, 6.45) is 1.69. The lowest BCUT2D eigenvalue weighted by Gasteiger charge is -2.14. The third-order valence-electron chi connectivity index (χ3n) is 6.43. The fourth-order valence-electron chi connectivity index (χ4n) is 4.39. The van der Waals surface area contributed by atoms with Crippen molar-refractivity contribution in [1.82, 2.24) is 9.97 Å². The molecule has 0 amide bonds. The van der Waals surface area contributed by atoms with Crippen LogP contribution >= 0.6 is 23.2 Å². The summed E-state index contributed by atoms with van der Waals surface area (Å²) in [5, 5.41) is 10.3. The lowest BCUT2D eigenvalue weighted by molar-refractivity contribution is -0.0494. The van der Waals surface area contributed by atoms with Crippen LogP contribution in [0.2, 0.25) is 10.0 Å². The molecule has 2 N–H and O–H groups in total. The first kappa shape index (κ1) is 26.8. The van der Waals surface area contributed by atoms with Crippen molar-refractivity contribution < 1.29 is 31.4 Å². The minimum absolute atomic E-state index is 0.0220. The number of imidazole rings is 1. The number of aromatic amines is 1. The van der Waals surface area contributed by atoms with E-state index in [0.717, 1.165) is 18.9 Å². The Kier molecular flexibility index (Phi) is 7.34. The van der Waals surface area contributed by atoms with Gasteiger partial charge >= 0.3 is 6.61 Å². The molecule has 200 valence electrons. The topological polar surface area (TPSA) is 92.3 Å². The summed E-state index contributed by atoms with van der Waals surface area (Å²) in [4.78, 5) is 7.33. The summed E-state index contributed by atoms with van der Waals surface area (Å²) in [5.41, 5.74) is 1.06. The average molecular weight is 585 g/mol. The zero-order valence-electron chi connectivity index (χ0n) is 19.6. The molecule has 1 saturated carbocycles. The second-order valence-electron chi connectivity index (χ2n) is 9.08. The fraction of sp³-hybridized carbons (Fsp3) is 0.269. The van der Waals surface area contributed by atoms with Gasteiger partial charge in [0.25, 0.3) is 0 Å². The van der Waals surface area contributed by atoms with Gasteiger partial charge in [0.15, 0.2) is 9.84 Å². The lowest BCUT2D eigenvalue weighted by atomic mass is 9.99. The highest BCUT2D eigenvalue weighted by Crippen LogP contribution is 2.44. The third kappa shape index (κ3) is 5.22. The molecule has 0 radical (unpaired) electrons. The van der Waals surface area contributed by atoms with Gasteiger partial charge in [-0.15, -0.1) is 0 Å². The standard InChI is InChI=1S/C26H21Cl2F3N2O4S/c27-18-10-20-24(23(28)22(18)16-3-1-2-4-21(16)37-26(30)31)33-25(32-20)17(11-34)15-8-7-14(9-19(15)29)38(35,36)12-13-5-6-13/h1-4,7-10,13,17,26,34H,5-6,11-12H2,(H,32,33). The second kappa shape index (κ2) is 10.4. The van der Waals surface area contributed by atoms with E-state index >= 15 is 4.39 Å². The molecule has 0 spiro atoms. The van der Waals surface area contributed by atoms with Crippen LogP contribution in [0.5, 0.6) is 5.75 Å². The summed E-state index contributed by atoms with van der Waals surface area (Å²) in [7, 11) is -3.62. The van der Waals surface area contributed by atoms with Gasteiger partial charge in [0.2, 0.25) is 0 Å². The number of sulfone groups is 1. The van der Waals surface area contributed by atoms with Crippen molar-refractivity contribution in [2.24, 2.45) is 5.92 Å². The molecule has 3 aromatic carbocycles. The van der Waals surface area contributed by atoms with Crippen LogP contribution in [0, 0.1) is 11.7 Å². The van der Waals surface area contributed by atoms with E-state index in [-0.39, 0.29) is 60.4 Å². The highest BCUT2D eigenvalue weighted by atomic mass is 35.5. The molecular formula is C26H21Cl2F3N2O4S. The molecule has 6 nitrogen and oxygen atoms in total. The maximum Gasteiger partial charge on any atom is 0.387 e. The Hall–Kier alpha value is -2.79. The van der Waals surface area contributed by atoms with Gasteiger partial charge in [0.05, 0.1) is 38.7 Å². The number of nitrogens with one attached hydrogen (secondary N) is 1. The molecule has 38 heavy (non-hydrogen) atoms. The molecule has 1 atom stereocenters. The van der Waals surface area contributed by atoms with Crippen LogP contribution in [0.15, 0.2) is 53.4 Å². The third-order valence-corrected chi connectivity index (χ3v) is 8.98. The summed E-state index contributed by atoms with van der Waals surface area (Å²) < 4.78 is 70.8. The molecule has 5 rings (SSSR count). The SMILES string of the molecule is O=S(=O)(CC1CC1)c1ccc(C(CO)c2nc3c(Cl)c(-c4ccccc4OC(F)F)c(Cl)cc3[nH]2)c(F)c1. The van der Waals surface area contributed by atoms with Gasteiger partial charge in [-0.25, -0.2) is 17.8 Å². The van der Waals surface area contributed by atoms with E-state index in [4.69, 9.17) is 23.2 Å². The van der Waals surface area contributed by atoms with Crippen LogP contribution in [-0.4, -0.2) is 42.5 Å². The van der Waals surface area contributed by atoms with Crippen LogP contribution in [0.3, 0.4) is 0 Å². The molecule has 1 aliphatic carbocycles. The van der Waals surface area contributed by atoms with Crippen LogP contribution in [0.25, 0.3) is 22.2 Å². The van der Waals surface area contributed by atoms with Crippen LogP contribution in [0.4, 0.5) is 13.2 Å². The Morgan fingerprint density at radius 1 is 1.13 bits per heavy atom. The largest absolute Gasteiger partial charge is 0.434 e. The number of hydrogen-bond acceptors (Lipinski definition) is 5. The maximum atomic E-state index is 15.1. The van der Waals surface area contributed by atoms with Crippen molar-refractivity contribution in [3.8, 4) is 16.9 Å². The minimum Gasteiger partial charge on any atom is -0.434 e. The number of fused-ring (bicyclic) bond motifs is 1. The van der Waals surface area contributed by atoms with Crippen molar-refractivity contribution >= 4 is 44.1 Å². The van der Waals surface area contributed by atoms with Gasteiger partial charge in [0, 0.05) is 16.7 Å². The number of alkyl halides is 2. The Balaban J connectivity index is 1.54. The van der Waals surface area contributed by atoms with Crippen molar-refractivity contribution in [2.75, 3.05) is 12.4 Å². The van der Waals surface area contributed by atoms with Crippen molar-refractivity contribution in [3.63, 3.8) is 0 Å². The van der Waals surface area contributed by atoms with Crippen LogP contribution in [-0.2, 0) is 9.84 Å². The number of benzene rings is 3. The van der Waals surface area contributed by atoms with Crippen LogP contribution in [0.1, 0.15) is 30.1 Å². The molecule has 0 bridgehead atoms. The first-order valence-corrected chi connectivity index (χ1v) is 14.0. The number of hydrogen-bond donors (Lipinski definition) is 2. The highest BCUT2D eigenvalue weighted by Gasteiger charge is 2.30. The Labute approximate surface area is 226 Å². The molecule has 0 saturated heterocycles. The number of rotatable bonds is 9. The number of para-hydroxylation sites is 1. The predicted molar refractivity (Wildman–Crippen MR) is 138 cm³/mol. The van der Waals surface area contributed by atoms with E-state index in [1.54, 1.807) is 6.07 Å². The molecular weight excluding hydrogens is 564 g/mol. The van der Waals surface area contributed by atoms with Gasteiger partial charge < -0.3 is 14.8 Å². The minimum atomic E-state index is -3.62. The van der Waals surface area contributed by atoms with E-state index in [1.165, 1.54) is 36.4 Å². The fourth-order valence-corrected chi connectivity index (χ4v) is 6.80. The zero-order valence-corrected chi connectivity index (χ0v) is 21.9. The normalized spacial score (nSPS) is 14.8. The molecule has 1 aromatic heterocycles. The second-order valence-corrected chi connectivity index (χ2v) is 11.9. The van der Waals surface area contributed by atoms with Crippen LogP contribution < -0.4 is 4.74 Å². The van der Waals surface area contributed by atoms with E-state index < -0.39 is 34.8 Å². The summed E-state index contributed by atoms with van der Waals surface area (Å²) in [6.45, 7) is -3.61. The van der Waals surface area contributed by atoms with Crippen molar-refractivity contribution in [2.45, 2.75) is 30.3 Å². The highest BCUT2D eigenvalue weighted by molar-refractivity contribution is 7.91. The summed E-state index contributed by atoms with van der Waals surface area (Å²) in [6, 6.07) is 11.1. The van der Waals surface area contributed by atoms with Gasteiger partial charge in [-0.1, -0.05) is 47.5 Å². The smallest absolute Gasteiger partial charge is 0.387 e. The quantitative estimate of drug-likeness (QED) is 0.232. The van der Waals surface area contributed by atoms with Gasteiger partial charge in [-0.3, -0.25) is 0 Å². The maximum absolute atomic E-state index is 15.1. The zero-order chi connectivity index (χ0) is 27.2. The monoisotopic (exact) mass is 584 g/mol. The number of aliphatic hydroxyl groups is 1. The van der Waals surface area contributed by atoms with E-state index in [2.05, 4.69) is 14.7 Å². The van der Waals surface area contributed by atoms with E-state index in [1.807, 2.05) is 0 Å². The molecule has 1 aliphatic rings. The number of aliphatic hydroxyl groups excluding tert-OH is 1. The van der Waals surface area contributed by atoms with Gasteiger partial charge in [-0.2, -0.15) is 8.78 Å². The molecule has 1 fully saturated rings. The first-order chi connectivity index (χ1) is 18.1. The molecule has 0 aliphatic heterocycles. The van der Waals surface area contributed by atoms with Gasteiger partial charge in [-0.05, 0) is 43.0 Å². The average Bonchev–Trinajstić information content (AvgIpc) is 3.56. The Morgan fingerprint density at radius 3 is 2.53 bits per heavy atom.